The normalized spacial score (nSPS) is 15.6. The van der Waals surface area contributed by atoms with Crippen molar-refractivity contribution in [1.29, 1.82) is 0 Å². The highest BCUT2D eigenvalue weighted by Crippen LogP contribution is 2.15. The molecule has 2 N–H and O–H groups in total. The van der Waals surface area contributed by atoms with Gasteiger partial charge in [-0.25, -0.2) is 9.97 Å². The van der Waals surface area contributed by atoms with E-state index in [1.54, 1.807) is 6.07 Å². The number of pyridine rings is 2. The molecule has 3 heterocycles. The molecule has 0 spiro atoms. The summed E-state index contributed by atoms with van der Waals surface area (Å²) in [6, 6.07) is 7.39. The summed E-state index contributed by atoms with van der Waals surface area (Å²) in [5, 5.41) is 0.518. The first-order valence-corrected chi connectivity index (χ1v) is 7.83. The Kier molecular flexibility index (Phi) is 4.73. The number of hydrogen-bond acceptors (Lipinski definition) is 5. The number of anilines is 1. The number of primary amides is 1. The summed E-state index contributed by atoms with van der Waals surface area (Å²) >= 11 is 5.80. The zero-order valence-electron chi connectivity index (χ0n) is 12.7. The lowest BCUT2D eigenvalue weighted by Crippen LogP contribution is -2.46. The van der Waals surface area contributed by atoms with Crippen LogP contribution < -0.4 is 10.6 Å². The highest BCUT2D eigenvalue weighted by atomic mass is 35.5. The third kappa shape index (κ3) is 3.97. The molecule has 1 fully saturated rings. The molecule has 0 unspecified atom stereocenters. The molecule has 1 aliphatic rings. The van der Waals surface area contributed by atoms with E-state index in [-0.39, 0.29) is 0 Å². The van der Waals surface area contributed by atoms with Crippen LogP contribution in [0.2, 0.25) is 5.15 Å². The Bertz CT molecular complexity index is 666. The van der Waals surface area contributed by atoms with Crippen molar-refractivity contribution < 1.29 is 4.79 Å². The Balaban J connectivity index is 1.55. The average Bonchev–Trinajstić information content (AvgIpc) is 2.58. The van der Waals surface area contributed by atoms with Crippen LogP contribution in [0.15, 0.2) is 36.7 Å². The molecule has 2 aromatic rings. The topological polar surface area (TPSA) is 75.4 Å². The second kappa shape index (κ2) is 6.93. The number of halogens is 1. The molecule has 0 radical (unpaired) electrons. The van der Waals surface area contributed by atoms with Crippen molar-refractivity contribution in [3.05, 3.63) is 52.9 Å². The number of nitrogens with two attached hydrogens (primary N) is 1. The van der Waals surface area contributed by atoms with Gasteiger partial charge in [0.25, 0.3) is 0 Å². The van der Waals surface area contributed by atoms with E-state index in [4.69, 9.17) is 17.3 Å². The van der Waals surface area contributed by atoms with Crippen molar-refractivity contribution in [2.75, 3.05) is 31.1 Å². The quantitative estimate of drug-likeness (QED) is 0.860. The van der Waals surface area contributed by atoms with Crippen LogP contribution in [0.25, 0.3) is 0 Å². The molecule has 7 heteroatoms. The summed E-state index contributed by atoms with van der Waals surface area (Å²) in [6.45, 7) is 4.55. The number of carbonyl (C=O) groups excluding carboxylic acids is 1. The van der Waals surface area contributed by atoms with Crippen LogP contribution >= 0.6 is 11.6 Å². The molecular formula is C16H18ClN5O. The van der Waals surface area contributed by atoms with Gasteiger partial charge in [-0.15, -0.1) is 0 Å². The molecule has 1 saturated heterocycles. The summed E-state index contributed by atoms with van der Waals surface area (Å²) in [6.07, 6.45) is 3.35. The molecule has 0 bridgehead atoms. The molecule has 0 aromatic carbocycles. The lowest BCUT2D eigenvalue weighted by Gasteiger charge is -2.35. The minimum atomic E-state index is -0.453. The maximum atomic E-state index is 11.1. The van der Waals surface area contributed by atoms with Gasteiger partial charge < -0.3 is 10.6 Å². The first-order valence-electron chi connectivity index (χ1n) is 7.45. The van der Waals surface area contributed by atoms with Crippen LogP contribution in [0.1, 0.15) is 15.9 Å². The monoisotopic (exact) mass is 331 g/mol. The molecule has 3 rings (SSSR count). The van der Waals surface area contributed by atoms with Gasteiger partial charge in [-0.05, 0) is 23.8 Å². The number of aromatic nitrogens is 2. The molecule has 23 heavy (non-hydrogen) atoms. The molecule has 120 valence electrons. The molecule has 2 aromatic heterocycles. The minimum Gasteiger partial charge on any atom is -0.366 e. The maximum Gasteiger partial charge on any atom is 0.250 e. The van der Waals surface area contributed by atoms with Crippen LogP contribution in [0.4, 0.5) is 5.82 Å². The number of amides is 1. The number of rotatable bonds is 4. The number of carbonyl (C=O) groups is 1. The van der Waals surface area contributed by atoms with Crippen molar-refractivity contribution in [2.45, 2.75) is 6.54 Å². The lowest BCUT2D eigenvalue weighted by molar-refractivity contribution is 0.1000. The van der Waals surface area contributed by atoms with Gasteiger partial charge in [0.2, 0.25) is 5.91 Å². The van der Waals surface area contributed by atoms with E-state index >= 15 is 0 Å². The number of hydrogen-bond donors (Lipinski definition) is 1. The van der Waals surface area contributed by atoms with Gasteiger partial charge in [-0.2, -0.15) is 0 Å². The minimum absolute atomic E-state index is 0.433. The largest absolute Gasteiger partial charge is 0.366 e. The van der Waals surface area contributed by atoms with E-state index < -0.39 is 5.91 Å². The van der Waals surface area contributed by atoms with E-state index in [0.29, 0.717) is 10.7 Å². The zero-order chi connectivity index (χ0) is 16.2. The van der Waals surface area contributed by atoms with Gasteiger partial charge in [0.1, 0.15) is 11.0 Å². The average molecular weight is 332 g/mol. The van der Waals surface area contributed by atoms with Crippen molar-refractivity contribution in [3.8, 4) is 0 Å². The van der Waals surface area contributed by atoms with Crippen LogP contribution in [-0.4, -0.2) is 47.0 Å². The first-order chi connectivity index (χ1) is 11.1. The van der Waals surface area contributed by atoms with E-state index in [2.05, 4.69) is 19.8 Å². The van der Waals surface area contributed by atoms with Crippen LogP contribution in [0.5, 0.6) is 0 Å². The van der Waals surface area contributed by atoms with Crippen LogP contribution in [0.3, 0.4) is 0 Å². The molecule has 0 saturated carbocycles. The fourth-order valence-corrected chi connectivity index (χ4v) is 2.72. The summed E-state index contributed by atoms with van der Waals surface area (Å²) in [4.78, 5) is 24.1. The van der Waals surface area contributed by atoms with Crippen LogP contribution in [0, 0.1) is 0 Å². The third-order valence-electron chi connectivity index (χ3n) is 3.92. The third-order valence-corrected chi connectivity index (χ3v) is 4.15. The van der Waals surface area contributed by atoms with Gasteiger partial charge in [0.15, 0.2) is 0 Å². The molecule has 1 amide bonds. The standard InChI is InChI=1S/C16H18ClN5O/c17-14-3-1-12(9-19-14)11-21-5-7-22(8-6-21)15-4-2-13(10-20-15)16(18)23/h1-4,9-10H,5-8,11H2,(H2,18,23). The van der Waals surface area contributed by atoms with E-state index in [1.165, 1.54) is 6.20 Å². The summed E-state index contributed by atoms with van der Waals surface area (Å²) in [7, 11) is 0. The van der Waals surface area contributed by atoms with Gasteiger partial charge in [-0.3, -0.25) is 9.69 Å². The predicted molar refractivity (Wildman–Crippen MR) is 89.5 cm³/mol. The summed E-state index contributed by atoms with van der Waals surface area (Å²) in [5.41, 5.74) is 6.82. The Morgan fingerprint density at radius 3 is 2.43 bits per heavy atom. The predicted octanol–water partition coefficient (Wildman–Crippen LogP) is 1.55. The highest BCUT2D eigenvalue weighted by Gasteiger charge is 2.18. The van der Waals surface area contributed by atoms with Crippen molar-refractivity contribution in [2.24, 2.45) is 5.73 Å². The Morgan fingerprint density at radius 1 is 1.09 bits per heavy atom. The van der Waals surface area contributed by atoms with E-state index in [0.717, 1.165) is 44.1 Å². The van der Waals surface area contributed by atoms with Crippen molar-refractivity contribution in [1.82, 2.24) is 14.9 Å². The SMILES string of the molecule is NC(=O)c1ccc(N2CCN(Cc3ccc(Cl)nc3)CC2)nc1. The Morgan fingerprint density at radius 2 is 1.87 bits per heavy atom. The van der Waals surface area contributed by atoms with Gasteiger partial charge in [0.05, 0.1) is 5.56 Å². The van der Waals surface area contributed by atoms with E-state index in [9.17, 15) is 4.79 Å². The molecule has 0 aliphatic carbocycles. The highest BCUT2D eigenvalue weighted by molar-refractivity contribution is 6.29. The second-order valence-electron chi connectivity index (χ2n) is 5.52. The number of piperazine rings is 1. The Labute approximate surface area is 139 Å². The molecular weight excluding hydrogens is 314 g/mol. The maximum absolute atomic E-state index is 11.1. The molecule has 6 nitrogen and oxygen atoms in total. The van der Waals surface area contributed by atoms with Gasteiger partial charge in [-0.1, -0.05) is 17.7 Å². The van der Waals surface area contributed by atoms with Gasteiger partial charge in [0, 0.05) is 45.1 Å². The summed E-state index contributed by atoms with van der Waals surface area (Å²) in [5.74, 6) is 0.424. The van der Waals surface area contributed by atoms with Crippen molar-refractivity contribution >= 4 is 23.3 Å². The van der Waals surface area contributed by atoms with E-state index in [1.807, 2.05) is 24.4 Å². The fraction of sp³-hybridized carbons (Fsp3) is 0.312. The summed E-state index contributed by atoms with van der Waals surface area (Å²) < 4.78 is 0. The number of nitrogens with zero attached hydrogens (tertiary/aromatic N) is 4. The smallest absolute Gasteiger partial charge is 0.250 e. The first kappa shape index (κ1) is 15.7. The Hall–Kier alpha value is -2.18. The lowest BCUT2D eigenvalue weighted by atomic mass is 10.2. The fourth-order valence-electron chi connectivity index (χ4n) is 2.61. The second-order valence-corrected chi connectivity index (χ2v) is 5.91. The van der Waals surface area contributed by atoms with Crippen LogP contribution in [-0.2, 0) is 6.54 Å². The molecule has 0 atom stereocenters. The zero-order valence-corrected chi connectivity index (χ0v) is 13.4. The van der Waals surface area contributed by atoms with Crippen molar-refractivity contribution in [3.63, 3.8) is 0 Å². The molecule has 1 aliphatic heterocycles. The van der Waals surface area contributed by atoms with Gasteiger partial charge >= 0.3 is 0 Å².